The van der Waals surface area contributed by atoms with Crippen LogP contribution in [0.15, 0.2) is 54.4 Å². The summed E-state index contributed by atoms with van der Waals surface area (Å²) in [5.74, 6) is -0.328. The van der Waals surface area contributed by atoms with Gasteiger partial charge in [-0.3, -0.25) is 14.9 Å². The molecule has 24 heavy (non-hydrogen) atoms. The lowest BCUT2D eigenvalue weighted by Gasteiger charge is -2.14. The van der Waals surface area contributed by atoms with Crippen molar-refractivity contribution in [1.29, 1.82) is 0 Å². The molecule has 0 fully saturated rings. The third-order valence-corrected chi connectivity index (χ3v) is 4.45. The van der Waals surface area contributed by atoms with E-state index in [-0.39, 0.29) is 17.0 Å². The molecule has 1 unspecified atom stereocenters. The van der Waals surface area contributed by atoms with Crippen LogP contribution in [0.3, 0.4) is 0 Å². The van der Waals surface area contributed by atoms with Gasteiger partial charge < -0.3 is 9.88 Å². The molecule has 2 heterocycles. The third-order valence-electron chi connectivity index (χ3n) is 3.57. The summed E-state index contributed by atoms with van der Waals surface area (Å²) in [6.45, 7) is 1.87. The fourth-order valence-electron chi connectivity index (χ4n) is 2.25. The van der Waals surface area contributed by atoms with Crippen LogP contribution in [0, 0.1) is 10.1 Å². The van der Waals surface area contributed by atoms with Crippen LogP contribution in [-0.2, 0) is 0 Å². The van der Waals surface area contributed by atoms with Gasteiger partial charge >= 0.3 is 5.00 Å². The van der Waals surface area contributed by atoms with Crippen LogP contribution in [0.5, 0.6) is 0 Å². The fourth-order valence-corrected chi connectivity index (χ4v) is 2.95. The second-order valence-electron chi connectivity index (χ2n) is 5.19. The van der Waals surface area contributed by atoms with Crippen molar-refractivity contribution in [1.82, 2.24) is 14.9 Å². The van der Waals surface area contributed by atoms with Gasteiger partial charge in [0, 0.05) is 29.5 Å². The van der Waals surface area contributed by atoms with E-state index < -0.39 is 4.92 Å². The van der Waals surface area contributed by atoms with E-state index in [4.69, 9.17) is 0 Å². The van der Waals surface area contributed by atoms with Crippen molar-refractivity contribution in [2.24, 2.45) is 0 Å². The topological polar surface area (TPSA) is 90.1 Å². The zero-order valence-electron chi connectivity index (χ0n) is 12.7. The minimum atomic E-state index is -0.500. The molecule has 122 valence electrons. The number of carbonyl (C=O) groups is 1. The minimum Gasteiger partial charge on any atom is -0.345 e. The summed E-state index contributed by atoms with van der Waals surface area (Å²) < 4.78 is 1.89. The maximum atomic E-state index is 12.2. The fraction of sp³-hybridized carbons (Fsp3) is 0.125. The molecule has 0 aliphatic carbocycles. The molecule has 1 atom stereocenters. The summed E-state index contributed by atoms with van der Waals surface area (Å²) in [4.78, 5) is 26.4. The van der Waals surface area contributed by atoms with Gasteiger partial charge in [-0.15, -0.1) is 0 Å². The van der Waals surface area contributed by atoms with Crippen LogP contribution in [0.1, 0.15) is 28.9 Å². The average molecular weight is 342 g/mol. The third kappa shape index (κ3) is 3.33. The molecule has 7 nitrogen and oxygen atoms in total. The number of thiophene rings is 1. The van der Waals surface area contributed by atoms with Crippen molar-refractivity contribution >= 4 is 22.2 Å². The van der Waals surface area contributed by atoms with E-state index in [9.17, 15) is 14.9 Å². The second kappa shape index (κ2) is 6.63. The van der Waals surface area contributed by atoms with Crippen molar-refractivity contribution in [2.45, 2.75) is 13.0 Å². The van der Waals surface area contributed by atoms with E-state index in [2.05, 4.69) is 10.3 Å². The Labute approximate surface area is 141 Å². The number of benzene rings is 1. The number of hydrogen-bond donors (Lipinski definition) is 1. The summed E-state index contributed by atoms with van der Waals surface area (Å²) in [5, 5.41) is 15.0. The summed E-state index contributed by atoms with van der Waals surface area (Å²) in [7, 11) is 0. The van der Waals surface area contributed by atoms with Crippen molar-refractivity contribution in [2.75, 3.05) is 0 Å². The van der Waals surface area contributed by atoms with Crippen LogP contribution < -0.4 is 5.32 Å². The first-order valence-corrected chi connectivity index (χ1v) is 8.04. The number of nitrogens with zero attached hydrogens (tertiary/aromatic N) is 3. The maximum absolute atomic E-state index is 12.2. The van der Waals surface area contributed by atoms with E-state index in [1.807, 2.05) is 42.0 Å². The highest BCUT2D eigenvalue weighted by molar-refractivity contribution is 7.13. The maximum Gasteiger partial charge on any atom is 0.324 e. The molecule has 0 saturated carbocycles. The van der Waals surface area contributed by atoms with Crippen LogP contribution in [0.2, 0.25) is 0 Å². The Hall–Kier alpha value is -3.00. The largest absolute Gasteiger partial charge is 0.345 e. The number of aromatic nitrogens is 2. The van der Waals surface area contributed by atoms with Gasteiger partial charge in [-0.1, -0.05) is 23.5 Å². The Morgan fingerprint density at radius 1 is 1.38 bits per heavy atom. The SMILES string of the molecule is CC(NC(=O)c1csc([N+](=O)[O-])c1)c1ccc(-n2ccnc2)cc1. The normalized spacial score (nSPS) is 11.9. The van der Waals surface area contributed by atoms with Gasteiger partial charge in [0.25, 0.3) is 5.91 Å². The summed E-state index contributed by atoms with van der Waals surface area (Å²) >= 11 is 0.941. The first kappa shape index (κ1) is 15.9. The van der Waals surface area contributed by atoms with Crippen molar-refractivity contribution in [3.05, 3.63) is 75.7 Å². The molecule has 0 bridgehead atoms. The minimum absolute atomic E-state index is 0.0440. The van der Waals surface area contributed by atoms with Crippen LogP contribution in [0.25, 0.3) is 5.69 Å². The molecule has 0 aliphatic rings. The van der Waals surface area contributed by atoms with Gasteiger partial charge in [0.05, 0.1) is 22.9 Å². The van der Waals surface area contributed by atoms with Gasteiger partial charge in [-0.2, -0.15) is 0 Å². The standard InChI is InChI=1S/C16H14N4O3S/c1-11(18-16(21)13-8-15(20(22)23)24-9-13)12-2-4-14(5-3-12)19-7-6-17-10-19/h2-11H,1H3,(H,18,21). The quantitative estimate of drug-likeness (QED) is 0.569. The molecule has 8 heteroatoms. The average Bonchev–Trinajstić information content (AvgIpc) is 3.26. The molecule has 1 N–H and O–H groups in total. The molecule has 0 spiro atoms. The van der Waals surface area contributed by atoms with Crippen LogP contribution >= 0.6 is 11.3 Å². The number of rotatable bonds is 5. The lowest BCUT2D eigenvalue weighted by atomic mass is 10.1. The zero-order chi connectivity index (χ0) is 17.1. The summed E-state index contributed by atoms with van der Waals surface area (Å²) in [5.41, 5.74) is 2.22. The number of imidazole rings is 1. The monoisotopic (exact) mass is 342 g/mol. The Morgan fingerprint density at radius 3 is 2.71 bits per heavy atom. The Balaban J connectivity index is 1.68. The lowest BCUT2D eigenvalue weighted by Crippen LogP contribution is -2.26. The number of nitrogens with one attached hydrogen (secondary N) is 1. The Bertz CT molecular complexity index is 856. The Morgan fingerprint density at radius 2 is 2.12 bits per heavy atom. The van der Waals surface area contributed by atoms with Crippen molar-refractivity contribution < 1.29 is 9.72 Å². The molecule has 3 rings (SSSR count). The number of hydrogen-bond acceptors (Lipinski definition) is 5. The van der Waals surface area contributed by atoms with Gasteiger partial charge in [0.1, 0.15) is 0 Å². The second-order valence-corrected chi connectivity index (χ2v) is 6.08. The smallest absolute Gasteiger partial charge is 0.324 e. The predicted molar refractivity (Wildman–Crippen MR) is 90.4 cm³/mol. The number of nitro groups is 1. The number of amides is 1. The summed E-state index contributed by atoms with van der Waals surface area (Å²) in [6, 6.07) is 8.81. The molecule has 3 aromatic rings. The van der Waals surface area contributed by atoms with E-state index >= 15 is 0 Å². The molecule has 0 radical (unpaired) electrons. The highest BCUT2D eigenvalue weighted by Crippen LogP contribution is 2.23. The lowest BCUT2D eigenvalue weighted by molar-refractivity contribution is -0.380. The van der Waals surface area contributed by atoms with Crippen molar-refractivity contribution in [3.63, 3.8) is 0 Å². The van der Waals surface area contributed by atoms with E-state index in [0.29, 0.717) is 5.56 Å². The molecular formula is C16H14N4O3S. The van der Waals surface area contributed by atoms with Crippen molar-refractivity contribution in [3.8, 4) is 5.69 Å². The van der Waals surface area contributed by atoms with E-state index in [1.165, 1.54) is 11.4 Å². The first-order chi connectivity index (χ1) is 11.5. The van der Waals surface area contributed by atoms with Crippen LogP contribution in [0.4, 0.5) is 5.00 Å². The van der Waals surface area contributed by atoms with E-state index in [1.54, 1.807) is 12.5 Å². The highest BCUT2D eigenvalue weighted by atomic mass is 32.1. The summed E-state index contributed by atoms with van der Waals surface area (Å²) in [6.07, 6.45) is 5.27. The number of carbonyl (C=O) groups excluding carboxylic acids is 1. The molecule has 0 saturated heterocycles. The van der Waals surface area contributed by atoms with Crippen LogP contribution in [-0.4, -0.2) is 20.4 Å². The zero-order valence-corrected chi connectivity index (χ0v) is 13.6. The molecule has 0 aliphatic heterocycles. The Kier molecular flexibility index (Phi) is 4.39. The molecular weight excluding hydrogens is 328 g/mol. The van der Waals surface area contributed by atoms with Gasteiger partial charge in [-0.25, -0.2) is 4.98 Å². The molecule has 1 amide bonds. The molecule has 1 aromatic carbocycles. The molecule has 2 aromatic heterocycles. The van der Waals surface area contributed by atoms with Gasteiger partial charge in [-0.05, 0) is 24.6 Å². The van der Waals surface area contributed by atoms with Gasteiger partial charge in [0.2, 0.25) is 0 Å². The first-order valence-electron chi connectivity index (χ1n) is 7.16. The van der Waals surface area contributed by atoms with E-state index in [0.717, 1.165) is 22.6 Å². The van der Waals surface area contributed by atoms with Gasteiger partial charge in [0.15, 0.2) is 0 Å². The predicted octanol–water partition coefficient (Wildman–Crippen LogP) is 3.33. The highest BCUT2D eigenvalue weighted by Gasteiger charge is 2.17.